The van der Waals surface area contributed by atoms with Gasteiger partial charge in [0.15, 0.2) is 5.65 Å². The second-order valence-electron chi connectivity index (χ2n) is 4.60. The number of benzene rings is 1. The largest absolute Gasteiger partial charge is 0.335 e. The molecule has 19 heavy (non-hydrogen) atoms. The molecule has 0 unspecified atom stereocenters. The minimum atomic E-state index is -0.305. The molecule has 3 rings (SSSR count). The Labute approximate surface area is 109 Å². The van der Waals surface area contributed by atoms with E-state index in [2.05, 4.69) is 16.1 Å². The molecule has 0 fully saturated rings. The summed E-state index contributed by atoms with van der Waals surface area (Å²) in [5.41, 5.74) is 3.35. The van der Waals surface area contributed by atoms with E-state index in [1.165, 1.54) is 12.5 Å². The molecule has 6 nitrogen and oxygen atoms in total. The lowest BCUT2D eigenvalue weighted by Crippen LogP contribution is -2.26. The van der Waals surface area contributed by atoms with Crippen molar-refractivity contribution in [2.24, 2.45) is 0 Å². The fourth-order valence-corrected chi connectivity index (χ4v) is 2.19. The third-order valence-corrected chi connectivity index (χ3v) is 2.96. The molecule has 0 aliphatic rings. The summed E-state index contributed by atoms with van der Waals surface area (Å²) in [5.74, 6) is 5.49. The van der Waals surface area contributed by atoms with E-state index in [-0.39, 0.29) is 5.56 Å². The zero-order valence-corrected chi connectivity index (χ0v) is 10.7. The van der Waals surface area contributed by atoms with Gasteiger partial charge < -0.3 is 5.84 Å². The van der Waals surface area contributed by atoms with Gasteiger partial charge in [0.1, 0.15) is 11.7 Å². The van der Waals surface area contributed by atoms with Crippen LogP contribution in [0.25, 0.3) is 16.7 Å². The Morgan fingerprint density at radius 3 is 2.53 bits per heavy atom. The molecule has 0 bridgehead atoms. The van der Waals surface area contributed by atoms with Crippen molar-refractivity contribution >= 4 is 11.0 Å². The second kappa shape index (κ2) is 3.94. The van der Waals surface area contributed by atoms with Gasteiger partial charge in [-0.2, -0.15) is 5.10 Å². The van der Waals surface area contributed by atoms with Gasteiger partial charge in [0.2, 0.25) is 0 Å². The molecule has 96 valence electrons. The first-order chi connectivity index (χ1) is 9.06. The molecule has 2 N–H and O–H groups in total. The van der Waals surface area contributed by atoms with E-state index in [4.69, 9.17) is 5.84 Å². The highest BCUT2D eigenvalue weighted by Crippen LogP contribution is 2.16. The van der Waals surface area contributed by atoms with Crippen LogP contribution in [-0.4, -0.2) is 19.4 Å². The van der Waals surface area contributed by atoms with E-state index in [0.717, 1.165) is 21.5 Å². The van der Waals surface area contributed by atoms with E-state index < -0.39 is 0 Å². The van der Waals surface area contributed by atoms with E-state index in [1.807, 2.05) is 26.0 Å². The number of hydrogen-bond donors (Lipinski definition) is 1. The fraction of sp³-hybridized carbons (Fsp3) is 0.154. The third-order valence-electron chi connectivity index (χ3n) is 2.96. The zero-order valence-electron chi connectivity index (χ0n) is 10.7. The number of rotatable bonds is 1. The molecule has 0 amide bonds. The molecule has 0 aliphatic carbocycles. The molecule has 0 radical (unpaired) electrons. The van der Waals surface area contributed by atoms with Gasteiger partial charge >= 0.3 is 0 Å². The highest BCUT2D eigenvalue weighted by molar-refractivity contribution is 5.75. The van der Waals surface area contributed by atoms with Gasteiger partial charge in [-0.1, -0.05) is 6.07 Å². The number of aromatic nitrogens is 4. The number of fused-ring (bicyclic) bond motifs is 1. The standard InChI is InChI=1S/C13H13N5O/c1-8-3-9(2)5-10(4-8)18-12-11(6-16-18)13(19)17(14)7-15-12/h3-7H,14H2,1-2H3. The van der Waals surface area contributed by atoms with Crippen molar-refractivity contribution in [2.75, 3.05) is 5.84 Å². The Morgan fingerprint density at radius 1 is 1.16 bits per heavy atom. The quantitative estimate of drug-likeness (QED) is 0.656. The smallest absolute Gasteiger partial charge is 0.282 e. The highest BCUT2D eigenvalue weighted by atomic mass is 16.1. The average Bonchev–Trinajstić information content (AvgIpc) is 2.77. The molecule has 2 heterocycles. The number of aryl methyl sites for hydroxylation is 2. The van der Waals surface area contributed by atoms with Crippen LogP contribution in [0.5, 0.6) is 0 Å². The van der Waals surface area contributed by atoms with Gasteiger partial charge in [-0.25, -0.2) is 14.3 Å². The summed E-state index contributed by atoms with van der Waals surface area (Å²) >= 11 is 0. The van der Waals surface area contributed by atoms with Crippen molar-refractivity contribution in [1.29, 1.82) is 0 Å². The summed E-state index contributed by atoms with van der Waals surface area (Å²) in [5, 5.41) is 4.64. The molecular weight excluding hydrogens is 242 g/mol. The molecule has 0 atom stereocenters. The molecule has 0 saturated heterocycles. The van der Waals surface area contributed by atoms with Crippen LogP contribution in [0.3, 0.4) is 0 Å². The van der Waals surface area contributed by atoms with Gasteiger partial charge in [-0.15, -0.1) is 0 Å². The number of hydrogen-bond acceptors (Lipinski definition) is 4. The Hall–Kier alpha value is -2.63. The first kappa shape index (κ1) is 11.5. The summed E-state index contributed by atoms with van der Waals surface area (Å²) in [6.45, 7) is 4.03. The third kappa shape index (κ3) is 1.77. The lowest BCUT2D eigenvalue weighted by molar-refractivity contribution is 0.872. The predicted molar refractivity (Wildman–Crippen MR) is 72.7 cm³/mol. The van der Waals surface area contributed by atoms with Crippen LogP contribution >= 0.6 is 0 Å². The van der Waals surface area contributed by atoms with Crippen molar-refractivity contribution in [3.8, 4) is 5.69 Å². The van der Waals surface area contributed by atoms with Gasteiger partial charge in [0.25, 0.3) is 5.56 Å². The predicted octanol–water partition coefficient (Wildman–Crippen LogP) is 0.913. The van der Waals surface area contributed by atoms with Gasteiger partial charge in [0.05, 0.1) is 11.9 Å². The van der Waals surface area contributed by atoms with Crippen LogP contribution in [0.4, 0.5) is 0 Å². The van der Waals surface area contributed by atoms with E-state index in [0.29, 0.717) is 11.0 Å². The molecule has 2 aromatic heterocycles. The molecule has 1 aromatic carbocycles. The highest BCUT2D eigenvalue weighted by Gasteiger charge is 2.10. The number of nitrogens with two attached hydrogens (primary N) is 1. The fourth-order valence-electron chi connectivity index (χ4n) is 2.19. The maximum absolute atomic E-state index is 11.9. The summed E-state index contributed by atoms with van der Waals surface area (Å²) in [4.78, 5) is 16.0. The van der Waals surface area contributed by atoms with Crippen LogP contribution in [-0.2, 0) is 0 Å². The van der Waals surface area contributed by atoms with Gasteiger partial charge in [-0.05, 0) is 37.1 Å². The number of nitrogens with zero attached hydrogens (tertiary/aromatic N) is 4. The summed E-state index contributed by atoms with van der Waals surface area (Å²) < 4.78 is 2.60. The van der Waals surface area contributed by atoms with Crippen molar-refractivity contribution in [2.45, 2.75) is 13.8 Å². The lowest BCUT2D eigenvalue weighted by atomic mass is 10.1. The van der Waals surface area contributed by atoms with Crippen molar-refractivity contribution in [3.05, 3.63) is 52.2 Å². The molecule has 0 saturated carbocycles. The van der Waals surface area contributed by atoms with Crippen LogP contribution in [0.1, 0.15) is 11.1 Å². The minimum absolute atomic E-state index is 0.305. The summed E-state index contributed by atoms with van der Waals surface area (Å²) in [6.07, 6.45) is 2.79. The van der Waals surface area contributed by atoms with E-state index in [9.17, 15) is 4.79 Å². The van der Waals surface area contributed by atoms with Crippen LogP contribution in [0.15, 0.2) is 35.5 Å². The van der Waals surface area contributed by atoms with Crippen molar-refractivity contribution in [1.82, 2.24) is 19.4 Å². The topological polar surface area (TPSA) is 78.7 Å². The zero-order chi connectivity index (χ0) is 13.6. The number of nitrogen functional groups attached to an aromatic ring is 1. The summed E-state index contributed by atoms with van der Waals surface area (Å²) in [6, 6.07) is 6.07. The molecule has 0 spiro atoms. The average molecular weight is 255 g/mol. The Balaban J connectivity index is 2.32. The van der Waals surface area contributed by atoms with Crippen LogP contribution < -0.4 is 11.4 Å². The molecule has 3 aromatic rings. The molecule has 0 aliphatic heterocycles. The maximum atomic E-state index is 11.9. The first-order valence-electron chi connectivity index (χ1n) is 5.85. The van der Waals surface area contributed by atoms with Crippen LogP contribution in [0, 0.1) is 13.8 Å². The SMILES string of the molecule is Cc1cc(C)cc(-n2ncc3c(=O)n(N)cnc32)c1. The van der Waals surface area contributed by atoms with E-state index in [1.54, 1.807) is 4.68 Å². The molecular formula is C13H13N5O. The Kier molecular flexibility index (Phi) is 2.38. The Bertz CT molecular complexity index is 810. The lowest BCUT2D eigenvalue weighted by Gasteiger charge is -2.06. The van der Waals surface area contributed by atoms with Crippen molar-refractivity contribution < 1.29 is 0 Å². The van der Waals surface area contributed by atoms with Gasteiger partial charge in [0, 0.05) is 0 Å². The Morgan fingerprint density at radius 2 is 1.84 bits per heavy atom. The maximum Gasteiger partial charge on any atom is 0.282 e. The summed E-state index contributed by atoms with van der Waals surface area (Å²) in [7, 11) is 0. The first-order valence-corrected chi connectivity index (χ1v) is 5.85. The second-order valence-corrected chi connectivity index (χ2v) is 4.60. The monoisotopic (exact) mass is 255 g/mol. The normalized spacial score (nSPS) is 11.1. The van der Waals surface area contributed by atoms with Crippen molar-refractivity contribution in [3.63, 3.8) is 0 Å². The van der Waals surface area contributed by atoms with Gasteiger partial charge in [-0.3, -0.25) is 4.79 Å². The van der Waals surface area contributed by atoms with Crippen LogP contribution in [0.2, 0.25) is 0 Å². The minimum Gasteiger partial charge on any atom is -0.335 e. The van der Waals surface area contributed by atoms with E-state index >= 15 is 0 Å². The molecule has 6 heteroatoms.